The van der Waals surface area contributed by atoms with E-state index in [1.165, 1.54) is 12.1 Å². The number of hydrogen-bond donors (Lipinski definition) is 1. The average molecular weight is 347 g/mol. The van der Waals surface area contributed by atoms with Crippen LogP contribution in [0.5, 0.6) is 5.75 Å². The third-order valence-electron chi connectivity index (χ3n) is 4.02. The van der Waals surface area contributed by atoms with Crippen molar-refractivity contribution in [1.29, 1.82) is 0 Å². The molecule has 0 saturated carbocycles. The van der Waals surface area contributed by atoms with Gasteiger partial charge >= 0.3 is 0 Å². The van der Waals surface area contributed by atoms with Crippen LogP contribution in [0.25, 0.3) is 0 Å². The van der Waals surface area contributed by atoms with Gasteiger partial charge in [0.15, 0.2) is 0 Å². The Morgan fingerprint density at radius 2 is 1.33 bits per heavy atom. The van der Waals surface area contributed by atoms with E-state index in [1.807, 2.05) is 12.1 Å². The number of thioether (sulfide) groups is 1. The van der Waals surface area contributed by atoms with E-state index in [0.717, 1.165) is 27.3 Å². The molecule has 0 aliphatic rings. The zero-order valence-corrected chi connectivity index (χ0v) is 16.2. The van der Waals surface area contributed by atoms with Crippen molar-refractivity contribution < 1.29 is 9.50 Å². The monoisotopic (exact) mass is 346 g/mol. The molecule has 0 radical (unpaired) electrons. The summed E-state index contributed by atoms with van der Waals surface area (Å²) in [6, 6.07) is 10.8. The van der Waals surface area contributed by atoms with Crippen LogP contribution in [-0.4, -0.2) is 5.11 Å². The Bertz CT molecular complexity index is 671. The molecule has 0 aliphatic carbocycles. The highest BCUT2D eigenvalue weighted by Gasteiger charge is 2.26. The van der Waals surface area contributed by atoms with Crippen LogP contribution in [0.4, 0.5) is 4.39 Å². The van der Waals surface area contributed by atoms with Crippen LogP contribution in [0.3, 0.4) is 0 Å². The van der Waals surface area contributed by atoms with Crippen LogP contribution in [-0.2, 0) is 16.6 Å². The maximum absolute atomic E-state index is 13.0. The summed E-state index contributed by atoms with van der Waals surface area (Å²) in [6.45, 7) is 12.7. The minimum absolute atomic E-state index is 0.128. The molecule has 0 saturated heterocycles. The molecule has 0 fully saturated rings. The van der Waals surface area contributed by atoms with E-state index in [-0.39, 0.29) is 16.6 Å². The van der Waals surface area contributed by atoms with Gasteiger partial charge in [0.05, 0.1) is 0 Å². The lowest BCUT2D eigenvalue weighted by Gasteiger charge is -2.28. The van der Waals surface area contributed by atoms with Crippen molar-refractivity contribution in [2.75, 3.05) is 0 Å². The lowest BCUT2D eigenvalue weighted by atomic mass is 9.79. The fourth-order valence-corrected chi connectivity index (χ4v) is 3.51. The van der Waals surface area contributed by atoms with Crippen LogP contribution in [0.1, 0.15) is 58.2 Å². The molecule has 1 N–H and O–H groups in total. The van der Waals surface area contributed by atoms with E-state index in [4.69, 9.17) is 0 Å². The predicted molar refractivity (Wildman–Crippen MR) is 101 cm³/mol. The summed E-state index contributed by atoms with van der Waals surface area (Å²) in [4.78, 5) is 1.13. The summed E-state index contributed by atoms with van der Waals surface area (Å²) < 4.78 is 13.0. The lowest BCUT2D eigenvalue weighted by Crippen LogP contribution is -2.17. The highest BCUT2D eigenvalue weighted by atomic mass is 32.2. The van der Waals surface area contributed by atoms with Gasteiger partial charge in [-0.3, -0.25) is 0 Å². The smallest absolute Gasteiger partial charge is 0.123 e. The van der Waals surface area contributed by atoms with Gasteiger partial charge in [-0.2, -0.15) is 0 Å². The number of benzene rings is 2. The molecule has 130 valence electrons. The van der Waals surface area contributed by atoms with Gasteiger partial charge in [0, 0.05) is 21.8 Å². The van der Waals surface area contributed by atoms with Gasteiger partial charge in [-0.25, -0.2) is 4.39 Å². The summed E-state index contributed by atoms with van der Waals surface area (Å²) >= 11 is 1.72. The van der Waals surface area contributed by atoms with E-state index in [9.17, 15) is 9.50 Å². The Kier molecular flexibility index (Phi) is 5.34. The maximum atomic E-state index is 13.0. The standard InChI is InChI=1S/C21H27FOS/c1-20(2,3)17-11-16(12-18(19(17)23)21(4,5)6)24-13-14-7-9-15(22)10-8-14/h7-12,23H,13H2,1-6H3. The molecule has 2 rings (SSSR count). The van der Waals surface area contributed by atoms with Crippen molar-refractivity contribution in [3.8, 4) is 5.75 Å². The molecule has 2 aromatic rings. The third-order valence-corrected chi connectivity index (χ3v) is 5.06. The van der Waals surface area contributed by atoms with Crippen molar-refractivity contribution in [3.05, 3.63) is 58.9 Å². The fraction of sp³-hybridized carbons (Fsp3) is 0.429. The van der Waals surface area contributed by atoms with Crippen molar-refractivity contribution in [2.45, 2.75) is 63.0 Å². The first-order chi connectivity index (χ1) is 11.0. The Balaban J connectivity index is 2.37. The third kappa shape index (κ3) is 4.54. The summed E-state index contributed by atoms with van der Waals surface area (Å²) in [5.74, 6) is 0.970. The molecule has 0 spiro atoms. The first-order valence-corrected chi connectivity index (χ1v) is 9.22. The van der Waals surface area contributed by atoms with Gasteiger partial charge in [0.2, 0.25) is 0 Å². The van der Waals surface area contributed by atoms with E-state index in [1.54, 1.807) is 11.8 Å². The second-order valence-corrected chi connectivity index (χ2v) is 9.33. The quantitative estimate of drug-likeness (QED) is 0.647. The van der Waals surface area contributed by atoms with Crippen LogP contribution >= 0.6 is 11.8 Å². The fourth-order valence-electron chi connectivity index (χ4n) is 2.58. The molecule has 1 nitrogen and oxygen atoms in total. The molecule has 24 heavy (non-hydrogen) atoms. The molecule has 2 aromatic carbocycles. The SMILES string of the molecule is CC(C)(C)c1cc(SCc2ccc(F)cc2)cc(C(C)(C)C)c1O. The molecule has 0 bridgehead atoms. The minimum atomic E-state index is -0.210. The molecule has 0 amide bonds. The molecule has 0 heterocycles. The highest BCUT2D eigenvalue weighted by molar-refractivity contribution is 7.98. The van der Waals surface area contributed by atoms with Crippen LogP contribution < -0.4 is 0 Å². The number of hydrogen-bond acceptors (Lipinski definition) is 2. The van der Waals surface area contributed by atoms with Crippen LogP contribution in [0, 0.1) is 5.82 Å². The first kappa shape index (κ1) is 18.9. The van der Waals surface area contributed by atoms with Gasteiger partial charge in [0.25, 0.3) is 0 Å². The van der Waals surface area contributed by atoms with E-state index in [2.05, 4.69) is 53.7 Å². The van der Waals surface area contributed by atoms with Gasteiger partial charge in [0.1, 0.15) is 11.6 Å². The van der Waals surface area contributed by atoms with Gasteiger partial charge in [-0.05, 0) is 40.7 Å². The zero-order valence-electron chi connectivity index (χ0n) is 15.4. The Morgan fingerprint density at radius 3 is 1.75 bits per heavy atom. The summed E-state index contributed by atoms with van der Waals surface area (Å²) in [6.07, 6.45) is 0. The first-order valence-electron chi connectivity index (χ1n) is 8.24. The maximum Gasteiger partial charge on any atom is 0.123 e. The number of aromatic hydroxyl groups is 1. The second kappa shape index (κ2) is 6.79. The molecular formula is C21H27FOS. The van der Waals surface area contributed by atoms with Gasteiger partial charge in [-0.1, -0.05) is 53.7 Å². The Morgan fingerprint density at radius 1 is 0.875 bits per heavy atom. The molecule has 0 aliphatic heterocycles. The summed E-state index contributed by atoms with van der Waals surface area (Å²) in [7, 11) is 0. The largest absolute Gasteiger partial charge is 0.507 e. The van der Waals surface area contributed by atoms with Crippen molar-refractivity contribution in [3.63, 3.8) is 0 Å². The highest BCUT2D eigenvalue weighted by Crippen LogP contribution is 2.42. The molecule has 3 heteroatoms. The number of phenolic OH excluding ortho intramolecular Hbond substituents is 1. The summed E-state index contributed by atoms with van der Waals surface area (Å²) in [5, 5.41) is 10.7. The Labute approximate surface area is 149 Å². The van der Waals surface area contributed by atoms with Gasteiger partial charge < -0.3 is 5.11 Å². The number of rotatable bonds is 3. The van der Waals surface area contributed by atoms with Crippen molar-refractivity contribution in [2.24, 2.45) is 0 Å². The molecule has 0 atom stereocenters. The predicted octanol–water partition coefficient (Wildman–Crippen LogP) is 6.42. The minimum Gasteiger partial charge on any atom is -0.507 e. The zero-order chi connectivity index (χ0) is 18.1. The summed E-state index contributed by atoms with van der Waals surface area (Å²) in [5.41, 5.74) is 2.77. The van der Waals surface area contributed by atoms with Gasteiger partial charge in [-0.15, -0.1) is 11.8 Å². The van der Waals surface area contributed by atoms with E-state index < -0.39 is 0 Å². The topological polar surface area (TPSA) is 20.2 Å². The number of halogens is 1. The number of phenols is 1. The van der Waals surface area contributed by atoms with Crippen LogP contribution in [0.15, 0.2) is 41.3 Å². The molecule has 0 aromatic heterocycles. The molecule has 0 unspecified atom stereocenters. The average Bonchev–Trinajstić information content (AvgIpc) is 2.45. The molecular weight excluding hydrogens is 319 g/mol. The van der Waals surface area contributed by atoms with Crippen molar-refractivity contribution >= 4 is 11.8 Å². The van der Waals surface area contributed by atoms with E-state index in [0.29, 0.717) is 5.75 Å². The lowest BCUT2D eigenvalue weighted by molar-refractivity contribution is 0.422. The van der Waals surface area contributed by atoms with Crippen LogP contribution in [0.2, 0.25) is 0 Å². The second-order valence-electron chi connectivity index (χ2n) is 8.28. The van der Waals surface area contributed by atoms with Crippen molar-refractivity contribution in [1.82, 2.24) is 0 Å². The normalized spacial score (nSPS) is 12.5. The van der Waals surface area contributed by atoms with E-state index >= 15 is 0 Å². The Hall–Kier alpha value is -1.48.